The van der Waals surface area contributed by atoms with Gasteiger partial charge in [-0.3, -0.25) is 10.2 Å². The van der Waals surface area contributed by atoms with E-state index in [4.69, 9.17) is 54.5 Å². The standard InChI is InChI=1S/C39H59N3O10/c1-3-19-44-23-25-46-27-29-48-31-33-50-34-32-49-30-28-47-26-24-45-21-9-5-6-10-22-51-36-14-12-35(13-15-36)37-16-17-38(40)42(41-37)18-8-7-11-39(43)52-20-4-2/h1,4,12-17,40H,2,5-11,18-34H2. The molecule has 13 heteroatoms. The summed E-state index contributed by atoms with van der Waals surface area (Å²) in [6, 6.07) is 11.4. The lowest BCUT2D eigenvalue weighted by atomic mass is 10.1. The maximum absolute atomic E-state index is 11.6. The number of carbonyl (C=O) groups excluding carboxylic acids is 1. The molecule has 0 radical (unpaired) electrons. The highest BCUT2D eigenvalue weighted by atomic mass is 16.6. The summed E-state index contributed by atoms with van der Waals surface area (Å²) in [6.45, 7) is 12.2. The number of carbonyl (C=O) groups is 1. The number of unbranched alkanes of at least 4 members (excludes halogenated alkanes) is 4. The van der Waals surface area contributed by atoms with Crippen LogP contribution in [0.4, 0.5) is 0 Å². The molecule has 0 saturated carbocycles. The maximum atomic E-state index is 11.6. The molecule has 13 nitrogen and oxygen atoms in total. The Kier molecular flexibility index (Phi) is 27.5. The van der Waals surface area contributed by atoms with Crippen LogP contribution in [0.25, 0.3) is 11.3 Å². The molecule has 1 N–H and O–H groups in total. The second-order valence-electron chi connectivity index (χ2n) is 11.5. The second-order valence-corrected chi connectivity index (χ2v) is 11.5. The van der Waals surface area contributed by atoms with Crippen molar-refractivity contribution in [2.45, 2.75) is 51.5 Å². The minimum Gasteiger partial charge on any atom is -0.494 e. The van der Waals surface area contributed by atoms with Crippen molar-refractivity contribution in [1.29, 1.82) is 5.41 Å². The largest absolute Gasteiger partial charge is 0.494 e. The van der Waals surface area contributed by atoms with Crippen molar-refractivity contribution < 1.29 is 47.4 Å². The molecule has 52 heavy (non-hydrogen) atoms. The van der Waals surface area contributed by atoms with Crippen molar-refractivity contribution in [1.82, 2.24) is 9.78 Å². The SMILES string of the molecule is C#CCOCCOCCOCCOCCOCCOCCOCCCCCCOc1ccc(-c2ccc(=N)n(CCCCC(=O)OCC=C)n2)cc1. The number of ether oxygens (including phenoxy) is 9. The van der Waals surface area contributed by atoms with Crippen molar-refractivity contribution in [2.75, 3.05) is 106 Å². The molecule has 0 atom stereocenters. The number of rotatable bonds is 35. The Balaban J connectivity index is 1.36. The van der Waals surface area contributed by atoms with Gasteiger partial charge in [0.15, 0.2) is 0 Å². The van der Waals surface area contributed by atoms with Crippen LogP contribution in [0.15, 0.2) is 49.1 Å². The van der Waals surface area contributed by atoms with Gasteiger partial charge in [-0.15, -0.1) is 6.42 Å². The zero-order valence-corrected chi connectivity index (χ0v) is 30.8. The maximum Gasteiger partial charge on any atom is 0.306 e. The Labute approximate surface area is 309 Å². The van der Waals surface area contributed by atoms with E-state index in [9.17, 15) is 4.79 Å². The average Bonchev–Trinajstić information content (AvgIpc) is 3.16. The Hall–Kier alpha value is -3.61. The van der Waals surface area contributed by atoms with Crippen LogP contribution in [0.2, 0.25) is 0 Å². The van der Waals surface area contributed by atoms with Crippen molar-refractivity contribution in [2.24, 2.45) is 0 Å². The van der Waals surface area contributed by atoms with Crippen LogP contribution in [0.5, 0.6) is 5.75 Å². The van der Waals surface area contributed by atoms with Crippen molar-refractivity contribution in [3.63, 3.8) is 0 Å². The number of hydrogen-bond acceptors (Lipinski definition) is 12. The topological polar surface area (TPSA) is 142 Å². The molecule has 0 spiro atoms. The number of nitrogens with zero attached hydrogens (tertiary/aromatic N) is 2. The monoisotopic (exact) mass is 729 g/mol. The molecular weight excluding hydrogens is 670 g/mol. The van der Waals surface area contributed by atoms with Gasteiger partial charge >= 0.3 is 5.97 Å². The number of terminal acetylenes is 1. The summed E-state index contributed by atoms with van der Waals surface area (Å²) in [5.74, 6) is 2.98. The van der Waals surface area contributed by atoms with Gasteiger partial charge in [0.05, 0.1) is 91.6 Å². The van der Waals surface area contributed by atoms with E-state index in [-0.39, 0.29) is 12.6 Å². The molecule has 0 fully saturated rings. The summed E-state index contributed by atoms with van der Waals surface area (Å²) < 4.78 is 50.7. The van der Waals surface area contributed by atoms with Gasteiger partial charge in [-0.05, 0) is 68.5 Å². The fourth-order valence-electron chi connectivity index (χ4n) is 4.56. The molecule has 0 saturated heterocycles. The van der Waals surface area contributed by atoms with Gasteiger partial charge in [0, 0.05) is 25.1 Å². The fourth-order valence-corrected chi connectivity index (χ4v) is 4.56. The lowest BCUT2D eigenvalue weighted by Crippen LogP contribution is -2.22. The summed E-state index contributed by atoms with van der Waals surface area (Å²) in [6.07, 6.45) is 12.5. The van der Waals surface area contributed by atoms with Gasteiger partial charge in [-0.2, -0.15) is 5.10 Å². The quantitative estimate of drug-likeness (QED) is 0.0460. The van der Waals surface area contributed by atoms with E-state index < -0.39 is 0 Å². The van der Waals surface area contributed by atoms with Crippen LogP contribution < -0.4 is 10.2 Å². The Morgan fingerprint density at radius 2 is 1.23 bits per heavy atom. The summed E-state index contributed by atoms with van der Waals surface area (Å²) in [7, 11) is 0. The summed E-state index contributed by atoms with van der Waals surface area (Å²) >= 11 is 0. The third kappa shape index (κ3) is 23.8. The lowest BCUT2D eigenvalue weighted by Gasteiger charge is -2.10. The van der Waals surface area contributed by atoms with Gasteiger partial charge in [-0.1, -0.05) is 25.0 Å². The zero-order chi connectivity index (χ0) is 37.2. The molecule has 1 aromatic heterocycles. The normalized spacial score (nSPS) is 11.0. The molecule has 1 heterocycles. The van der Waals surface area contributed by atoms with Gasteiger partial charge in [0.2, 0.25) is 0 Å². The molecule has 0 amide bonds. The molecule has 2 rings (SSSR count). The number of esters is 1. The van der Waals surface area contributed by atoms with E-state index in [1.165, 1.54) is 0 Å². The average molecular weight is 730 g/mol. The highest BCUT2D eigenvalue weighted by Gasteiger charge is 2.06. The first-order chi connectivity index (χ1) is 25.6. The van der Waals surface area contributed by atoms with Crippen molar-refractivity contribution >= 4 is 5.97 Å². The molecule has 0 aliphatic carbocycles. The first-order valence-corrected chi connectivity index (χ1v) is 18.2. The number of nitrogens with one attached hydrogen (secondary N) is 1. The number of hydrogen-bond donors (Lipinski definition) is 1. The number of aryl methyl sites for hydroxylation is 1. The predicted octanol–water partition coefficient (Wildman–Crippen LogP) is 4.62. The summed E-state index contributed by atoms with van der Waals surface area (Å²) in [5, 5.41) is 12.8. The third-order valence-corrected chi connectivity index (χ3v) is 7.29. The molecule has 2 aromatic rings. The van der Waals surface area contributed by atoms with Gasteiger partial charge in [-0.25, -0.2) is 4.68 Å². The lowest BCUT2D eigenvalue weighted by molar-refractivity contribution is -0.142. The minimum absolute atomic E-state index is 0.230. The molecule has 0 bridgehead atoms. The van der Waals surface area contributed by atoms with Crippen molar-refractivity contribution in [3.8, 4) is 29.4 Å². The van der Waals surface area contributed by atoms with Crippen LogP contribution >= 0.6 is 0 Å². The highest BCUT2D eigenvalue weighted by molar-refractivity contribution is 5.69. The van der Waals surface area contributed by atoms with Crippen LogP contribution in [-0.4, -0.2) is 121 Å². The molecular formula is C39H59N3O10. The Bertz CT molecular complexity index is 1280. The molecule has 0 aliphatic rings. The smallest absolute Gasteiger partial charge is 0.306 e. The van der Waals surface area contributed by atoms with Crippen LogP contribution in [0, 0.1) is 17.8 Å². The predicted molar refractivity (Wildman–Crippen MR) is 197 cm³/mol. The summed E-state index contributed by atoms with van der Waals surface area (Å²) in [4.78, 5) is 11.6. The number of aromatic nitrogens is 2. The van der Waals surface area contributed by atoms with Crippen molar-refractivity contribution in [3.05, 3.63) is 54.5 Å². The van der Waals surface area contributed by atoms with Gasteiger partial charge in [0.25, 0.3) is 0 Å². The van der Waals surface area contributed by atoms with E-state index in [2.05, 4.69) is 17.6 Å². The van der Waals surface area contributed by atoms with E-state index in [1.54, 1.807) is 16.8 Å². The van der Waals surface area contributed by atoms with Crippen LogP contribution in [0.1, 0.15) is 44.9 Å². The first kappa shape index (κ1) is 44.6. The van der Waals surface area contributed by atoms with E-state index in [0.29, 0.717) is 117 Å². The fraction of sp³-hybridized carbons (Fsp3) is 0.615. The van der Waals surface area contributed by atoms with E-state index in [1.807, 2.05) is 30.3 Å². The van der Waals surface area contributed by atoms with Gasteiger partial charge in [0.1, 0.15) is 24.5 Å². The highest BCUT2D eigenvalue weighted by Crippen LogP contribution is 2.20. The number of benzene rings is 1. The molecule has 0 aliphatic heterocycles. The minimum atomic E-state index is -0.237. The van der Waals surface area contributed by atoms with Crippen LogP contribution in [0.3, 0.4) is 0 Å². The third-order valence-electron chi connectivity index (χ3n) is 7.29. The zero-order valence-electron chi connectivity index (χ0n) is 30.8. The first-order valence-electron chi connectivity index (χ1n) is 18.2. The van der Waals surface area contributed by atoms with E-state index in [0.717, 1.165) is 55.7 Å². The second kappa shape index (κ2) is 32.1. The van der Waals surface area contributed by atoms with E-state index >= 15 is 0 Å². The Morgan fingerprint density at radius 3 is 1.79 bits per heavy atom. The molecule has 0 unspecified atom stereocenters. The molecule has 290 valence electrons. The summed E-state index contributed by atoms with van der Waals surface area (Å²) in [5.41, 5.74) is 2.06. The Morgan fingerprint density at radius 1 is 0.692 bits per heavy atom. The van der Waals surface area contributed by atoms with Crippen LogP contribution in [-0.2, 0) is 49.2 Å². The van der Waals surface area contributed by atoms with Gasteiger partial charge < -0.3 is 42.6 Å². The molecule has 1 aromatic carbocycles.